The predicted octanol–water partition coefficient (Wildman–Crippen LogP) is 2.35. The molecule has 0 spiro atoms. The zero-order chi connectivity index (χ0) is 14.2. The molecular formula is C15H14N4OS. The normalized spacial score (nSPS) is 14.1. The molecule has 2 aromatic heterocycles. The zero-order valence-electron chi connectivity index (χ0n) is 11.3. The maximum atomic E-state index is 9.45. The minimum atomic E-state index is 0.269. The lowest BCUT2D eigenvalue weighted by molar-refractivity contribution is 0.475. The van der Waals surface area contributed by atoms with Crippen LogP contribution in [0.1, 0.15) is 11.3 Å². The molecule has 1 aliphatic heterocycles. The van der Waals surface area contributed by atoms with E-state index in [-0.39, 0.29) is 5.75 Å². The van der Waals surface area contributed by atoms with Crippen LogP contribution in [0.3, 0.4) is 0 Å². The number of rotatable bonds is 2. The summed E-state index contributed by atoms with van der Waals surface area (Å²) in [5.74, 6) is 0.269. The maximum absolute atomic E-state index is 9.45. The van der Waals surface area contributed by atoms with Gasteiger partial charge in [0, 0.05) is 42.2 Å². The summed E-state index contributed by atoms with van der Waals surface area (Å²) in [6.45, 7) is 1.77. The molecule has 0 amide bonds. The number of thiazole rings is 1. The minimum absolute atomic E-state index is 0.269. The molecule has 0 bridgehead atoms. The smallest absolute Gasteiger partial charge is 0.210 e. The highest BCUT2D eigenvalue weighted by Gasteiger charge is 2.23. The molecule has 1 aliphatic rings. The standard InChI is InChI=1S/C15H14N4OS/c20-11-3-1-10(2-4-11)14-12-9-16-6-5-13(12)19(18-14)15-17-7-8-21-15/h1-4,7-8,16,20H,5-6,9H2. The summed E-state index contributed by atoms with van der Waals surface area (Å²) in [5, 5.41) is 20.5. The summed E-state index contributed by atoms with van der Waals surface area (Å²) < 4.78 is 1.96. The van der Waals surface area contributed by atoms with Gasteiger partial charge < -0.3 is 10.4 Å². The Hall–Kier alpha value is -2.18. The first kappa shape index (κ1) is 12.6. The first-order chi connectivity index (χ1) is 10.3. The van der Waals surface area contributed by atoms with Gasteiger partial charge in [-0.1, -0.05) is 0 Å². The van der Waals surface area contributed by atoms with Gasteiger partial charge >= 0.3 is 0 Å². The second kappa shape index (κ2) is 4.98. The highest BCUT2D eigenvalue weighted by molar-refractivity contribution is 7.12. The van der Waals surface area contributed by atoms with E-state index in [2.05, 4.69) is 10.3 Å². The van der Waals surface area contributed by atoms with Crippen molar-refractivity contribution in [1.82, 2.24) is 20.1 Å². The fourth-order valence-electron chi connectivity index (χ4n) is 2.68. The van der Waals surface area contributed by atoms with E-state index in [9.17, 15) is 5.11 Å². The van der Waals surface area contributed by atoms with Gasteiger partial charge in [0.05, 0.1) is 11.4 Å². The molecule has 0 saturated heterocycles. The van der Waals surface area contributed by atoms with E-state index in [4.69, 9.17) is 5.10 Å². The van der Waals surface area contributed by atoms with E-state index in [0.29, 0.717) is 0 Å². The zero-order valence-corrected chi connectivity index (χ0v) is 12.1. The van der Waals surface area contributed by atoms with Gasteiger partial charge in [-0.25, -0.2) is 9.67 Å². The Morgan fingerprint density at radius 1 is 1.24 bits per heavy atom. The number of fused-ring (bicyclic) bond motifs is 1. The van der Waals surface area contributed by atoms with Crippen molar-refractivity contribution in [2.75, 3.05) is 6.54 Å². The van der Waals surface area contributed by atoms with Gasteiger partial charge in [0.1, 0.15) is 5.75 Å². The molecule has 3 aromatic rings. The van der Waals surface area contributed by atoms with Crippen molar-refractivity contribution < 1.29 is 5.11 Å². The summed E-state index contributed by atoms with van der Waals surface area (Å²) in [6.07, 6.45) is 2.75. The average Bonchev–Trinajstić information content (AvgIpc) is 3.15. The number of phenolic OH excluding ortho intramolecular Hbond substituents is 1. The Balaban J connectivity index is 1.89. The molecule has 0 fully saturated rings. The number of nitrogens with one attached hydrogen (secondary N) is 1. The lowest BCUT2D eigenvalue weighted by Crippen LogP contribution is -2.24. The monoisotopic (exact) mass is 298 g/mol. The van der Waals surface area contributed by atoms with Crippen molar-refractivity contribution >= 4 is 11.3 Å². The largest absolute Gasteiger partial charge is 0.508 e. The van der Waals surface area contributed by atoms with Crippen molar-refractivity contribution in [2.24, 2.45) is 0 Å². The lowest BCUT2D eigenvalue weighted by atomic mass is 10.0. The molecule has 0 unspecified atom stereocenters. The predicted molar refractivity (Wildman–Crippen MR) is 81.7 cm³/mol. The highest BCUT2D eigenvalue weighted by Crippen LogP contribution is 2.30. The average molecular weight is 298 g/mol. The van der Waals surface area contributed by atoms with Crippen LogP contribution in [0.2, 0.25) is 0 Å². The van der Waals surface area contributed by atoms with Gasteiger partial charge in [-0.15, -0.1) is 11.3 Å². The van der Waals surface area contributed by atoms with Crippen molar-refractivity contribution in [3.63, 3.8) is 0 Å². The van der Waals surface area contributed by atoms with Crippen molar-refractivity contribution in [2.45, 2.75) is 13.0 Å². The van der Waals surface area contributed by atoms with E-state index in [1.54, 1.807) is 29.7 Å². The van der Waals surface area contributed by atoms with Crippen molar-refractivity contribution in [3.05, 3.63) is 47.1 Å². The molecule has 1 aromatic carbocycles. The molecule has 5 nitrogen and oxygen atoms in total. The molecule has 6 heteroatoms. The third kappa shape index (κ3) is 2.12. The fraction of sp³-hybridized carbons (Fsp3) is 0.200. The third-order valence-electron chi connectivity index (χ3n) is 3.67. The number of hydrogen-bond acceptors (Lipinski definition) is 5. The van der Waals surface area contributed by atoms with E-state index < -0.39 is 0 Å². The van der Waals surface area contributed by atoms with Crippen LogP contribution in [0.4, 0.5) is 0 Å². The molecule has 2 N–H and O–H groups in total. The molecule has 4 rings (SSSR count). The topological polar surface area (TPSA) is 63.0 Å². The van der Waals surface area contributed by atoms with Gasteiger partial charge in [0.25, 0.3) is 0 Å². The third-order valence-corrected chi connectivity index (χ3v) is 4.42. The molecule has 3 heterocycles. The highest BCUT2D eigenvalue weighted by atomic mass is 32.1. The summed E-state index contributed by atoms with van der Waals surface area (Å²) in [5.41, 5.74) is 4.43. The van der Waals surface area contributed by atoms with Crippen LogP contribution in [-0.4, -0.2) is 26.4 Å². The minimum Gasteiger partial charge on any atom is -0.508 e. The summed E-state index contributed by atoms with van der Waals surface area (Å²) in [6, 6.07) is 7.19. The van der Waals surface area contributed by atoms with Gasteiger partial charge in [0.2, 0.25) is 5.13 Å². The maximum Gasteiger partial charge on any atom is 0.210 e. The van der Waals surface area contributed by atoms with Crippen LogP contribution in [0.5, 0.6) is 5.75 Å². The van der Waals surface area contributed by atoms with Crippen LogP contribution in [0, 0.1) is 0 Å². The Kier molecular flexibility index (Phi) is 2.98. The molecule has 106 valence electrons. The summed E-state index contributed by atoms with van der Waals surface area (Å²) in [4.78, 5) is 4.37. The van der Waals surface area contributed by atoms with Crippen LogP contribution >= 0.6 is 11.3 Å². The van der Waals surface area contributed by atoms with Gasteiger partial charge in [-0.05, 0) is 24.3 Å². The molecule has 0 radical (unpaired) electrons. The van der Waals surface area contributed by atoms with Gasteiger partial charge in [0.15, 0.2) is 0 Å². The lowest BCUT2D eigenvalue weighted by Gasteiger charge is -2.14. The molecule has 0 atom stereocenters. The Morgan fingerprint density at radius 3 is 2.86 bits per heavy atom. The number of benzene rings is 1. The summed E-state index contributed by atoms with van der Waals surface area (Å²) >= 11 is 1.59. The fourth-order valence-corrected chi connectivity index (χ4v) is 3.29. The quantitative estimate of drug-likeness (QED) is 0.762. The van der Waals surface area contributed by atoms with E-state index in [1.807, 2.05) is 22.2 Å². The second-order valence-corrected chi connectivity index (χ2v) is 5.85. The number of aromatic hydroxyl groups is 1. The molecule has 0 saturated carbocycles. The molecule has 0 aliphatic carbocycles. The van der Waals surface area contributed by atoms with Crippen LogP contribution < -0.4 is 5.32 Å². The van der Waals surface area contributed by atoms with Crippen LogP contribution in [0.15, 0.2) is 35.8 Å². The van der Waals surface area contributed by atoms with Gasteiger partial charge in [-0.3, -0.25) is 0 Å². The van der Waals surface area contributed by atoms with E-state index in [1.165, 1.54) is 11.3 Å². The Morgan fingerprint density at radius 2 is 2.10 bits per heavy atom. The Bertz CT molecular complexity index is 762. The number of aromatic nitrogens is 3. The second-order valence-electron chi connectivity index (χ2n) is 4.97. The number of nitrogens with zero attached hydrogens (tertiary/aromatic N) is 3. The number of hydrogen-bond donors (Lipinski definition) is 2. The van der Waals surface area contributed by atoms with Crippen molar-refractivity contribution in [1.29, 1.82) is 0 Å². The first-order valence-electron chi connectivity index (χ1n) is 6.83. The summed E-state index contributed by atoms with van der Waals surface area (Å²) in [7, 11) is 0. The van der Waals surface area contributed by atoms with Crippen LogP contribution in [-0.2, 0) is 13.0 Å². The molecular weight excluding hydrogens is 284 g/mol. The SMILES string of the molecule is Oc1ccc(-c2nn(-c3nccs3)c3c2CNCC3)cc1. The number of phenols is 1. The van der Waals surface area contributed by atoms with E-state index in [0.717, 1.165) is 35.9 Å². The first-order valence-corrected chi connectivity index (χ1v) is 7.71. The molecule has 21 heavy (non-hydrogen) atoms. The van der Waals surface area contributed by atoms with E-state index >= 15 is 0 Å². The Labute approximate surface area is 125 Å². The van der Waals surface area contributed by atoms with Crippen LogP contribution in [0.25, 0.3) is 16.4 Å². The van der Waals surface area contributed by atoms with Gasteiger partial charge in [-0.2, -0.15) is 5.10 Å². The van der Waals surface area contributed by atoms with Crippen molar-refractivity contribution in [3.8, 4) is 22.1 Å².